The third-order valence-corrected chi connectivity index (χ3v) is 12.1. The van der Waals surface area contributed by atoms with Gasteiger partial charge >= 0.3 is 0 Å². The van der Waals surface area contributed by atoms with Crippen LogP contribution in [0.3, 0.4) is 0 Å². The van der Waals surface area contributed by atoms with E-state index >= 15 is 0 Å². The highest BCUT2D eigenvalue weighted by Crippen LogP contribution is 2.43. The Morgan fingerprint density at radius 2 is 1.57 bits per heavy atom. The molecule has 1 unspecified atom stereocenters. The number of rotatable bonds is 12. The highest BCUT2D eigenvalue weighted by atomic mass is 32.2. The van der Waals surface area contributed by atoms with Crippen LogP contribution in [0, 0.1) is 12.8 Å². The average Bonchev–Trinajstić information content (AvgIpc) is 3.64. The molecule has 4 aromatic carbocycles. The Labute approximate surface area is 317 Å². The molecular formula is C42H49N3O8S. The van der Waals surface area contributed by atoms with Crippen LogP contribution in [0.1, 0.15) is 60.0 Å². The van der Waals surface area contributed by atoms with E-state index in [0.717, 1.165) is 48.2 Å². The maximum atomic E-state index is 13.9. The Balaban J connectivity index is 1.10. The van der Waals surface area contributed by atoms with Crippen molar-refractivity contribution in [2.75, 3.05) is 38.2 Å². The topological polar surface area (TPSA) is 136 Å². The predicted molar refractivity (Wildman–Crippen MR) is 204 cm³/mol. The van der Waals surface area contributed by atoms with Gasteiger partial charge in [0.2, 0.25) is 15.9 Å². The maximum absolute atomic E-state index is 13.9. The van der Waals surface area contributed by atoms with Gasteiger partial charge < -0.3 is 34.3 Å². The van der Waals surface area contributed by atoms with Gasteiger partial charge in [-0.15, -0.1) is 0 Å². The molecule has 0 bridgehead atoms. The van der Waals surface area contributed by atoms with Crippen LogP contribution < -0.4 is 10.0 Å². The summed E-state index contributed by atoms with van der Waals surface area (Å²) in [6.07, 6.45) is 0.517. The molecule has 3 fully saturated rings. The number of likely N-dealkylation sites (tertiary alicyclic amines) is 1. The lowest BCUT2D eigenvalue weighted by atomic mass is 9.89. The van der Waals surface area contributed by atoms with Gasteiger partial charge in [0.05, 0.1) is 36.9 Å². The van der Waals surface area contributed by atoms with Crippen LogP contribution in [0.5, 0.6) is 0 Å². The summed E-state index contributed by atoms with van der Waals surface area (Å²) in [6.45, 7) is 7.60. The van der Waals surface area contributed by atoms with E-state index in [-0.39, 0.29) is 36.0 Å². The second kappa shape index (κ2) is 16.8. The second-order valence-corrected chi connectivity index (χ2v) is 16.2. The quantitative estimate of drug-likeness (QED) is 0.168. The van der Waals surface area contributed by atoms with E-state index in [4.69, 9.17) is 18.9 Å². The van der Waals surface area contributed by atoms with Crippen LogP contribution in [0.25, 0.3) is 0 Å². The largest absolute Gasteiger partial charge is 0.392 e. The molecule has 286 valence electrons. The number of carbonyl (C=O) groups excluding carboxylic acids is 1. The number of nitrogens with zero attached hydrogens (tertiary/aromatic N) is 1. The first-order valence-electron chi connectivity index (χ1n) is 18.6. The molecule has 3 N–H and O–H groups in total. The lowest BCUT2D eigenvalue weighted by molar-refractivity contribution is -0.278. The first-order chi connectivity index (χ1) is 26.1. The Kier molecular flexibility index (Phi) is 11.9. The summed E-state index contributed by atoms with van der Waals surface area (Å²) in [6, 6.07) is 29.8. The molecule has 1 spiro atoms. The number of sulfonamides is 1. The molecule has 1 amide bonds. The maximum Gasteiger partial charge on any atom is 0.242 e. The van der Waals surface area contributed by atoms with Crippen LogP contribution >= 0.6 is 0 Å². The molecule has 11 nitrogen and oxygen atoms in total. The molecule has 3 aliphatic rings. The molecule has 3 saturated heterocycles. The molecular weight excluding hydrogens is 707 g/mol. The van der Waals surface area contributed by atoms with Crippen molar-refractivity contribution in [2.45, 2.75) is 74.9 Å². The Hall–Kier alpha value is -3.98. The SMILES string of the molecule is Cc1ccc(S(=O)(=O)N[C@H](Cc2ccccc2)C(=O)Nc2cccc(C3O[C@H](CN4CCC5(CC4)OCCO5)[C@H](C)[C@H](c4ccc(CO)cc4)O3)c2)cc1. The van der Waals surface area contributed by atoms with E-state index in [1.54, 1.807) is 18.2 Å². The number of carbonyl (C=O) groups is 1. The molecule has 0 aromatic heterocycles. The molecule has 5 atom stereocenters. The number of hydrogen-bond donors (Lipinski definition) is 3. The smallest absolute Gasteiger partial charge is 0.242 e. The van der Waals surface area contributed by atoms with E-state index < -0.39 is 34.0 Å². The van der Waals surface area contributed by atoms with Gasteiger partial charge in [-0.05, 0) is 54.3 Å². The zero-order chi connectivity index (χ0) is 37.7. The molecule has 3 aliphatic heterocycles. The third-order valence-electron chi connectivity index (χ3n) is 10.6. The number of nitrogens with one attached hydrogen (secondary N) is 2. The number of aliphatic hydroxyl groups is 1. The number of ether oxygens (including phenoxy) is 4. The van der Waals surface area contributed by atoms with E-state index in [1.807, 2.05) is 79.7 Å². The fourth-order valence-corrected chi connectivity index (χ4v) is 8.64. The van der Waals surface area contributed by atoms with Crippen LogP contribution in [0.2, 0.25) is 0 Å². The average molecular weight is 756 g/mol. The molecule has 0 saturated carbocycles. The minimum atomic E-state index is -4.01. The minimum Gasteiger partial charge on any atom is -0.392 e. The molecule has 0 radical (unpaired) electrons. The molecule has 4 aromatic rings. The Morgan fingerprint density at radius 3 is 2.26 bits per heavy atom. The van der Waals surface area contributed by atoms with Crippen LogP contribution in [-0.2, 0) is 46.8 Å². The number of amides is 1. The highest BCUT2D eigenvalue weighted by Gasteiger charge is 2.43. The van der Waals surface area contributed by atoms with E-state index in [2.05, 4.69) is 21.9 Å². The predicted octanol–water partition coefficient (Wildman–Crippen LogP) is 5.65. The van der Waals surface area contributed by atoms with Crippen molar-refractivity contribution < 1.29 is 37.3 Å². The first-order valence-corrected chi connectivity index (χ1v) is 20.1. The summed E-state index contributed by atoms with van der Waals surface area (Å²) in [4.78, 5) is 16.4. The van der Waals surface area contributed by atoms with Gasteiger partial charge in [-0.25, -0.2) is 8.42 Å². The van der Waals surface area contributed by atoms with Crippen LogP contribution in [0.15, 0.2) is 108 Å². The van der Waals surface area contributed by atoms with Gasteiger partial charge in [0.15, 0.2) is 12.1 Å². The van der Waals surface area contributed by atoms with E-state index in [9.17, 15) is 18.3 Å². The zero-order valence-electron chi connectivity index (χ0n) is 30.7. The number of benzene rings is 4. The number of hydrogen-bond acceptors (Lipinski definition) is 9. The second-order valence-electron chi connectivity index (χ2n) is 14.5. The van der Waals surface area contributed by atoms with Crippen LogP contribution in [-0.4, -0.2) is 75.1 Å². The van der Waals surface area contributed by atoms with Gasteiger partial charge in [0, 0.05) is 49.6 Å². The van der Waals surface area contributed by atoms with Crippen molar-refractivity contribution in [1.29, 1.82) is 0 Å². The van der Waals surface area contributed by atoms with Crippen molar-refractivity contribution in [3.8, 4) is 0 Å². The summed E-state index contributed by atoms with van der Waals surface area (Å²) in [5.74, 6) is -0.966. The van der Waals surface area contributed by atoms with Crippen LogP contribution in [0.4, 0.5) is 5.69 Å². The molecule has 54 heavy (non-hydrogen) atoms. The number of anilines is 1. The number of aryl methyl sites for hydroxylation is 1. The number of aliphatic hydroxyl groups excluding tert-OH is 1. The fraction of sp³-hybridized carbons (Fsp3) is 0.405. The molecule has 0 aliphatic carbocycles. The van der Waals surface area contributed by atoms with Crippen molar-refractivity contribution >= 4 is 21.6 Å². The molecule has 12 heteroatoms. The Morgan fingerprint density at radius 1 is 0.870 bits per heavy atom. The normalized spacial score (nSPS) is 23.6. The van der Waals surface area contributed by atoms with Gasteiger partial charge in [0.25, 0.3) is 0 Å². The molecule has 7 rings (SSSR count). The van der Waals surface area contributed by atoms with Gasteiger partial charge in [0.1, 0.15) is 6.04 Å². The van der Waals surface area contributed by atoms with Crippen molar-refractivity contribution in [1.82, 2.24) is 9.62 Å². The minimum absolute atomic E-state index is 0.000670. The fourth-order valence-electron chi connectivity index (χ4n) is 7.45. The standard InChI is InChI=1S/C42H49N3O8S/c1-29-11-17-36(18-12-29)54(48,49)44-37(25-31-7-4-3-5-8-31)40(47)43-35-10-6-9-34(26-35)41-52-38(27-45-21-19-42(20-22-45)50-23-24-51-42)30(2)39(53-41)33-15-13-32(28-46)14-16-33/h3-18,26,30,37-39,41,44,46H,19-25,27-28H2,1-2H3,(H,43,47)/t30-,37+,38+,39+,41?/m0/s1. The summed E-state index contributed by atoms with van der Waals surface area (Å²) >= 11 is 0. The van der Waals surface area contributed by atoms with Crippen molar-refractivity contribution in [3.05, 3.63) is 131 Å². The number of piperidine rings is 1. The summed E-state index contributed by atoms with van der Waals surface area (Å²) in [5, 5.41) is 12.6. The van der Waals surface area contributed by atoms with Gasteiger partial charge in [-0.3, -0.25) is 4.79 Å². The summed E-state index contributed by atoms with van der Waals surface area (Å²) < 4.78 is 54.9. The van der Waals surface area contributed by atoms with Gasteiger partial charge in [-0.1, -0.05) is 91.3 Å². The summed E-state index contributed by atoms with van der Waals surface area (Å²) in [5.41, 5.74) is 4.74. The highest BCUT2D eigenvalue weighted by molar-refractivity contribution is 7.89. The first kappa shape index (κ1) is 38.3. The Bertz CT molecular complexity index is 1960. The van der Waals surface area contributed by atoms with Crippen molar-refractivity contribution in [3.63, 3.8) is 0 Å². The lowest BCUT2D eigenvalue weighted by Gasteiger charge is -2.44. The van der Waals surface area contributed by atoms with E-state index in [0.29, 0.717) is 31.0 Å². The molecule has 3 heterocycles. The van der Waals surface area contributed by atoms with Gasteiger partial charge in [-0.2, -0.15) is 4.72 Å². The monoisotopic (exact) mass is 755 g/mol. The third kappa shape index (κ3) is 9.10. The zero-order valence-corrected chi connectivity index (χ0v) is 31.5. The lowest BCUT2D eigenvalue weighted by Crippen LogP contribution is -2.50. The van der Waals surface area contributed by atoms with E-state index in [1.165, 1.54) is 12.1 Å². The van der Waals surface area contributed by atoms with Crippen molar-refractivity contribution in [2.24, 2.45) is 5.92 Å². The summed E-state index contributed by atoms with van der Waals surface area (Å²) in [7, 11) is -4.01.